The third kappa shape index (κ3) is 5.01. The van der Waals surface area contributed by atoms with Crippen LogP contribution in [-0.4, -0.2) is 34.9 Å². The Hall–Kier alpha value is -5.26. The van der Waals surface area contributed by atoms with Gasteiger partial charge in [-0.15, -0.1) is 11.6 Å². The Morgan fingerprint density at radius 1 is 0.636 bits per heavy atom. The molecule has 44 heavy (non-hydrogen) atoms. The van der Waals surface area contributed by atoms with Crippen molar-refractivity contribution < 1.29 is 9.59 Å². The second-order valence-electron chi connectivity index (χ2n) is 10.8. The van der Waals surface area contributed by atoms with Gasteiger partial charge in [0.2, 0.25) is 0 Å². The van der Waals surface area contributed by atoms with Crippen LogP contribution in [0.15, 0.2) is 138 Å². The van der Waals surface area contributed by atoms with E-state index in [1.807, 2.05) is 60.7 Å². The number of allylic oxidation sites excluding steroid dienone is 1. The summed E-state index contributed by atoms with van der Waals surface area (Å²) >= 11 is 6.76. The quantitative estimate of drug-likeness (QED) is 0.153. The monoisotopic (exact) mass is 593 g/mol. The molecule has 0 saturated heterocycles. The fraction of sp³-hybridized carbons (Fsp3) is 0.0789. The number of fused-ring (bicyclic) bond motifs is 3. The number of rotatable bonds is 7. The van der Waals surface area contributed by atoms with Crippen molar-refractivity contribution in [3.63, 3.8) is 0 Å². The maximum atomic E-state index is 13.3. The largest absolute Gasteiger partial charge is 0.357 e. The van der Waals surface area contributed by atoms with Crippen LogP contribution < -0.4 is 5.32 Å². The van der Waals surface area contributed by atoms with E-state index in [9.17, 15) is 9.59 Å². The van der Waals surface area contributed by atoms with Gasteiger partial charge in [-0.3, -0.25) is 19.5 Å². The number of amides is 2. The molecule has 0 radical (unpaired) electrons. The molecule has 2 amide bonds. The smallest absolute Gasteiger partial charge is 0.261 e. The summed E-state index contributed by atoms with van der Waals surface area (Å²) in [6, 6.07) is 41.5. The van der Waals surface area contributed by atoms with E-state index < -0.39 is 0 Å². The predicted molar refractivity (Wildman–Crippen MR) is 177 cm³/mol. The lowest BCUT2D eigenvalue weighted by molar-refractivity contribution is 0.0677. The lowest BCUT2D eigenvalue weighted by Crippen LogP contribution is -2.35. The van der Waals surface area contributed by atoms with Gasteiger partial charge in [-0.25, -0.2) is 0 Å². The molecule has 2 aliphatic heterocycles. The van der Waals surface area contributed by atoms with Gasteiger partial charge in [-0.2, -0.15) is 0 Å². The molecule has 2 heterocycles. The SMILES string of the molecule is O=C1c2ccccc2C(=O)N1CC1=Nc2ccccc2C(=C(CCl)Nc2ccccc2Cc2ccccc2)c2ccccc21. The summed E-state index contributed by atoms with van der Waals surface area (Å²) in [5.74, 6) is -0.389. The lowest BCUT2D eigenvalue weighted by Gasteiger charge is -2.20. The van der Waals surface area contributed by atoms with Gasteiger partial charge in [-0.05, 0) is 47.4 Å². The molecule has 0 spiro atoms. The molecule has 0 unspecified atom stereocenters. The van der Waals surface area contributed by atoms with Crippen LogP contribution >= 0.6 is 11.6 Å². The second-order valence-corrected chi connectivity index (χ2v) is 11.1. The molecule has 1 N–H and O–H groups in total. The minimum atomic E-state index is -0.308. The van der Waals surface area contributed by atoms with Crippen LogP contribution in [0.3, 0.4) is 0 Å². The highest BCUT2D eigenvalue weighted by Crippen LogP contribution is 2.40. The van der Waals surface area contributed by atoms with Crippen molar-refractivity contribution in [3.05, 3.63) is 172 Å². The van der Waals surface area contributed by atoms with Crippen molar-refractivity contribution in [2.24, 2.45) is 4.99 Å². The number of hydrogen-bond donors (Lipinski definition) is 1. The van der Waals surface area contributed by atoms with E-state index in [0.717, 1.165) is 51.3 Å². The zero-order valence-electron chi connectivity index (χ0n) is 23.8. The fourth-order valence-corrected chi connectivity index (χ4v) is 6.20. The summed E-state index contributed by atoms with van der Waals surface area (Å²) in [4.78, 5) is 33.0. The minimum Gasteiger partial charge on any atom is -0.357 e. The number of aliphatic imine (C=N–C) groups is 1. The van der Waals surface area contributed by atoms with Gasteiger partial charge in [0.05, 0.1) is 35.0 Å². The van der Waals surface area contributed by atoms with Gasteiger partial charge >= 0.3 is 0 Å². The van der Waals surface area contributed by atoms with Gasteiger partial charge in [0, 0.05) is 28.1 Å². The Kier molecular flexibility index (Phi) is 7.38. The molecule has 5 aromatic rings. The molecule has 5 aromatic carbocycles. The molecule has 7 rings (SSSR count). The zero-order chi connectivity index (χ0) is 30.0. The summed E-state index contributed by atoms with van der Waals surface area (Å²) in [5, 5.41) is 3.69. The first-order valence-electron chi connectivity index (χ1n) is 14.5. The van der Waals surface area contributed by atoms with E-state index in [4.69, 9.17) is 16.6 Å². The van der Waals surface area contributed by atoms with Crippen LogP contribution in [0.4, 0.5) is 11.4 Å². The normalized spacial score (nSPS) is 14.8. The van der Waals surface area contributed by atoms with Crippen LogP contribution in [0.2, 0.25) is 0 Å². The molecule has 0 aliphatic carbocycles. The number of hydrogen-bond acceptors (Lipinski definition) is 4. The van der Waals surface area contributed by atoms with Crippen LogP contribution in [-0.2, 0) is 6.42 Å². The summed E-state index contributed by atoms with van der Waals surface area (Å²) in [5.41, 5.74) is 10.0. The number of para-hydroxylation sites is 2. The highest BCUT2D eigenvalue weighted by molar-refractivity contribution is 6.24. The van der Waals surface area contributed by atoms with Crippen molar-refractivity contribution in [3.8, 4) is 0 Å². The van der Waals surface area contributed by atoms with Gasteiger partial charge in [-0.1, -0.05) is 103 Å². The van der Waals surface area contributed by atoms with E-state index in [1.165, 1.54) is 10.5 Å². The number of halogens is 1. The van der Waals surface area contributed by atoms with E-state index in [2.05, 4.69) is 47.8 Å². The standard InChI is InChI=1S/C38H28ClN3O2/c39-23-34(40-32-20-10-4-14-26(32)22-25-12-2-1-3-13-25)36-28-16-6-5-15-27(28)35(41-33-21-11-9-19-31(33)36)24-42-37(43)29-17-7-8-18-30(29)38(42)44/h1-21,40H,22-24H2. The van der Waals surface area contributed by atoms with Crippen molar-refractivity contribution in [2.45, 2.75) is 6.42 Å². The van der Waals surface area contributed by atoms with E-state index >= 15 is 0 Å². The summed E-state index contributed by atoms with van der Waals surface area (Å²) in [6.07, 6.45) is 0.773. The number of anilines is 1. The highest BCUT2D eigenvalue weighted by atomic mass is 35.5. The average molecular weight is 594 g/mol. The average Bonchev–Trinajstić information content (AvgIpc) is 3.21. The number of carbonyl (C=O) groups excluding carboxylic acids is 2. The third-order valence-electron chi connectivity index (χ3n) is 8.10. The molecule has 0 saturated carbocycles. The molecule has 0 bridgehead atoms. The van der Waals surface area contributed by atoms with Crippen molar-refractivity contribution in [2.75, 3.05) is 17.7 Å². The van der Waals surface area contributed by atoms with Crippen LogP contribution in [0.25, 0.3) is 5.57 Å². The fourth-order valence-electron chi connectivity index (χ4n) is 6.00. The Labute approximate surface area is 261 Å². The lowest BCUT2D eigenvalue weighted by atomic mass is 9.90. The van der Waals surface area contributed by atoms with Gasteiger partial charge in [0.1, 0.15) is 0 Å². The number of nitrogens with one attached hydrogen (secondary N) is 1. The van der Waals surface area contributed by atoms with Crippen molar-refractivity contribution in [1.82, 2.24) is 4.90 Å². The van der Waals surface area contributed by atoms with Crippen LogP contribution in [0, 0.1) is 0 Å². The van der Waals surface area contributed by atoms with Gasteiger partial charge in [0.25, 0.3) is 11.8 Å². The van der Waals surface area contributed by atoms with Crippen molar-refractivity contribution >= 4 is 46.1 Å². The summed E-state index contributed by atoms with van der Waals surface area (Å²) in [7, 11) is 0. The maximum Gasteiger partial charge on any atom is 0.261 e. The van der Waals surface area contributed by atoms with E-state index in [0.29, 0.717) is 16.8 Å². The van der Waals surface area contributed by atoms with Gasteiger partial charge < -0.3 is 5.32 Å². The number of benzene rings is 5. The highest BCUT2D eigenvalue weighted by Gasteiger charge is 2.37. The summed E-state index contributed by atoms with van der Waals surface area (Å²) < 4.78 is 0. The Bertz CT molecular complexity index is 1940. The zero-order valence-corrected chi connectivity index (χ0v) is 24.6. The molecule has 2 aliphatic rings. The molecule has 0 atom stereocenters. The number of alkyl halides is 1. The molecule has 214 valence electrons. The molecule has 0 fully saturated rings. The number of imide groups is 1. The van der Waals surface area contributed by atoms with Crippen LogP contribution in [0.5, 0.6) is 0 Å². The van der Waals surface area contributed by atoms with E-state index in [1.54, 1.807) is 24.3 Å². The van der Waals surface area contributed by atoms with Crippen LogP contribution in [0.1, 0.15) is 48.5 Å². The molecule has 5 nitrogen and oxygen atoms in total. The minimum absolute atomic E-state index is 0.0501. The maximum absolute atomic E-state index is 13.3. The van der Waals surface area contributed by atoms with E-state index in [-0.39, 0.29) is 24.2 Å². The second kappa shape index (κ2) is 11.8. The first-order valence-corrected chi connectivity index (χ1v) is 15.1. The Morgan fingerprint density at radius 2 is 1.20 bits per heavy atom. The molecule has 0 aromatic heterocycles. The first-order chi connectivity index (χ1) is 21.6. The molecular weight excluding hydrogens is 566 g/mol. The number of carbonyl (C=O) groups is 2. The Morgan fingerprint density at radius 3 is 1.91 bits per heavy atom. The number of nitrogens with zero attached hydrogens (tertiary/aromatic N) is 2. The summed E-state index contributed by atoms with van der Waals surface area (Å²) in [6.45, 7) is 0.0501. The third-order valence-corrected chi connectivity index (χ3v) is 8.37. The first kappa shape index (κ1) is 27.6. The Balaban J connectivity index is 1.33. The van der Waals surface area contributed by atoms with Gasteiger partial charge in [0.15, 0.2) is 0 Å². The predicted octanol–water partition coefficient (Wildman–Crippen LogP) is 8.12. The molecule has 6 heteroatoms. The topological polar surface area (TPSA) is 61.8 Å². The van der Waals surface area contributed by atoms with Crippen molar-refractivity contribution in [1.29, 1.82) is 0 Å². The molecular formula is C38H28ClN3O2.